The quantitative estimate of drug-likeness (QED) is 0.690. The van der Waals surface area contributed by atoms with Crippen molar-refractivity contribution in [2.45, 2.75) is 13.5 Å². The zero-order valence-electron chi connectivity index (χ0n) is 13.7. The summed E-state index contributed by atoms with van der Waals surface area (Å²) in [6.07, 6.45) is 0. The van der Waals surface area contributed by atoms with Crippen LogP contribution in [0, 0.1) is 17.0 Å². The first-order chi connectivity index (χ1) is 11.5. The molecule has 1 aliphatic rings. The lowest BCUT2D eigenvalue weighted by Crippen LogP contribution is -2.46. The second-order valence-corrected chi connectivity index (χ2v) is 6.10. The van der Waals surface area contributed by atoms with Crippen LogP contribution in [-0.2, 0) is 6.54 Å². The first-order valence-electron chi connectivity index (χ1n) is 8.04. The molecule has 0 unspecified atom stereocenters. The summed E-state index contributed by atoms with van der Waals surface area (Å²) in [5.74, 6) is 0.276. The van der Waals surface area contributed by atoms with Gasteiger partial charge in [-0.25, -0.2) is 0 Å². The Kier molecular flexibility index (Phi) is 4.66. The van der Waals surface area contributed by atoms with Gasteiger partial charge in [-0.1, -0.05) is 12.1 Å². The molecular formula is C18H21N3O3. The van der Waals surface area contributed by atoms with Crippen molar-refractivity contribution in [3.05, 3.63) is 63.7 Å². The Bertz CT molecular complexity index is 723. The van der Waals surface area contributed by atoms with Gasteiger partial charge in [0, 0.05) is 50.0 Å². The number of nitrogens with zero attached hydrogens (tertiary/aromatic N) is 3. The first-order valence-corrected chi connectivity index (χ1v) is 8.04. The summed E-state index contributed by atoms with van der Waals surface area (Å²) in [5, 5.41) is 20.4. The molecule has 0 spiro atoms. The molecule has 2 aromatic rings. The molecular weight excluding hydrogens is 306 g/mol. The molecule has 1 aliphatic heterocycles. The minimum absolute atomic E-state index is 0.190. The van der Waals surface area contributed by atoms with E-state index in [0.717, 1.165) is 49.5 Å². The van der Waals surface area contributed by atoms with Gasteiger partial charge in [0.2, 0.25) is 0 Å². The number of nitro groups is 1. The van der Waals surface area contributed by atoms with E-state index in [4.69, 9.17) is 0 Å². The molecule has 0 saturated carbocycles. The van der Waals surface area contributed by atoms with Crippen LogP contribution in [0.5, 0.6) is 5.75 Å². The number of benzene rings is 2. The third kappa shape index (κ3) is 3.49. The van der Waals surface area contributed by atoms with Crippen LogP contribution in [0.2, 0.25) is 0 Å². The lowest BCUT2D eigenvalue weighted by atomic mass is 10.1. The van der Waals surface area contributed by atoms with E-state index in [2.05, 4.69) is 9.80 Å². The minimum atomic E-state index is -0.318. The number of aromatic hydroxyl groups is 1. The Morgan fingerprint density at radius 1 is 1.08 bits per heavy atom. The molecule has 126 valence electrons. The van der Waals surface area contributed by atoms with Crippen LogP contribution in [0.1, 0.15) is 11.1 Å². The summed E-state index contributed by atoms with van der Waals surface area (Å²) >= 11 is 0. The smallest absolute Gasteiger partial charge is 0.272 e. The largest absolute Gasteiger partial charge is 0.508 e. The SMILES string of the molecule is Cc1c(CN2CCN(c3ccc(O)cc3)CC2)cccc1[N+](=O)[O-]. The summed E-state index contributed by atoms with van der Waals surface area (Å²) < 4.78 is 0. The van der Waals surface area contributed by atoms with E-state index in [-0.39, 0.29) is 16.4 Å². The van der Waals surface area contributed by atoms with E-state index < -0.39 is 0 Å². The highest BCUT2D eigenvalue weighted by Crippen LogP contribution is 2.24. The van der Waals surface area contributed by atoms with Crippen molar-refractivity contribution in [2.24, 2.45) is 0 Å². The Hall–Kier alpha value is -2.60. The molecule has 1 N–H and O–H groups in total. The molecule has 0 amide bonds. The number of hydrogen-bond acceptors (Lipinski definition) is 5. The zero-order valence-corrected chi connectivity index (χ0v) is 13.7. The van der Waals surface area contributed by atoms with Gasteiger partial charge in [-0.15, -0.1) is 0 Å². The molecule has 0 radical (unpaired) electrons. The van der Waals surface area contributed by atoms with Crippen LogP contribution in [-0.4, -0.2) is 41.1 Å². The topological polar surface area (TPSA) is 69.8 Å². The normalized spacial score (nSPS) is 15.5. The molecule has 0 bridgehead atoms. The Morgan fingerprint density at radius 2 is 1.75 bits per heavy atom. The average Bonchev–Trinajstić information content (AvgIpc) is 2.58. The predicted molar refractivity (Wildman–Crippen MR) is 93.4 cm³/mol. The molecule has 6 heteroatoms. The third-order valence-corrected chi connectivity index (χ3v) is 4.60. The Morgan fingerprint density at radius 3 is 2.38 bits per heavy atom. The molecule has 6 nitrogen and oxygen atoms in total. The molecule has 1 saturated heterocycles. The van der Waals surface area contributed by atoms with Crippen LogP contribution < -0.4 is 4.90 Å². The fourth-order valence-electron chi connectivity index (χ4n) is 3.11. The number of phenols is 1. The number of nitro benzene ring substituents is 1. The fourth-order valence-corrected chi connectivity index (χ4v) is 3.11. The van der Waals surface area contributed by atoms with Crippen molar-refractivity contribution in [3.63, 3.8) is 0 Å². The van der Waals surface area contributed by atoms with E-state index in [1.54, 1.807) is 24.3 Å². The van der Waals surface area contributed by atoms with Gasteiger partial charge >= 0.3 is 0 Å². The maximum absolute atomic E-state index is 11.1. The summed E-state index contributed by atoms with van der Waals surface area (Å²) in [5.41, 5.74) is 3.07. The van der Waals surface area contributed by atoms with Crippen molar-refractivity contribution in [1.29, 1.82) is 0 Å². The van der Waals surface area contributed by atoms with Crippen molar-refractivity contribution in [2.75, 3.05) is 31.1 Å². The number of phenolic OH excluding ortho intramolecular Hbond substituents is 1. The van der Waals surface area contributed by atoms with Gasteiger partial charge in [0.1, 0.15) is 5.75 Å². The Labute approximate surface area is 141 Å². The van der Waals surface area contributed by atoms with Gasteiger partial charge < -0.3 is 10.0 Å². The summed E-state index contributed by atoms with van der Waals surface area (Å²) in [4.78, 5) is 15.3. The average molecular weight is 327 g/mol. The van der Waals surface area contributed by atoms with E-state index in [1.807, 2.05) is 25.1 Å². The fraction of sp³-hybridized carbons (Fsp3) is 0.333. The van der Waals surface area contributed by atoms with Gasteiger partial charge in [0.25, 0.3) is 5.69 Å². The van der Waals surface area contributed by atoms with E-state index >= 15 is 0 Å². The van der Waals surface area contributed by atoms with E-state index in [9.17, 15) is 15.2 Å². The monoisotopic (exact) mass is 327 g/mol. The summed E-state index contributed by atoms with van der Waals surface area (Å²) in [6, 6.07) is 12.5. The standard InChI is InChI=1S/C18H21N3O3/c1-14-15(3-2-4-18(14)21(23)24)13-19-9-11-20(12-10-19)16-5-7-17(22)8-6-16/h2-8,22H,9-13H2,1H3. The Balaban J connectivity index is 1.62. The molecule has 0 aromatic heterocycles. The number of piperazine rings is 1. The van der Waals surface area contributed by atoms with Gasteiger partial charge in [0.15, 0.2) is 0 Å². The molecule has 1 heterocycles. The van der Waals surface area contributed by atoms with Gasteiger partial charge in [-0.3, -0.25) is 15.0 Å². The highest BCUT2D eigenvalue weighted by Gasteiger charge is 2.20. The van der Waals surface area contributed by atoms with Gasteiger partial charge in [-0.05, 0) is 36.8 Å². The van der Waals surface area contributed by atoms with Crippen molar-refractivity contribution in [1.82, 2.24) is 4.90 Å². The highest BCUT2D eigenvalue weighted by atomic mass is 16.6. The van der Waals surface area contributed by atoms with Crippen LogP contribution in [0.4, 0.5) is 11.4 Å². The van der Waals surface area contributed by atoms with Crippen LogP contribution in [0.3, 0.4) is 0 Å². The first kappa shape index (κ1) is 16.3. The summed E-state index contributed by atoms with van der Waals surface area (Å²) in [7, 11) is 0. The van der Waals surface area contributed by atoms with Crippen LogP contribution in [0.25, 0.3) is 0 Å². The lowest BCUT2D eigenvalue weighted by molar-refractivity contribution is -0.385. The number of hydrogen-bond donors (Lipinski definition) is 1. The van der Waals surface area contributed by atoms with Crippen molar-refractivity contribution < 1.29 is 10.0 Å². The highest BCUT2D eigenvalue weighted by molar-refractivity contribution is 5.49. The zero-order chi connectivity index (χ0) is 17.1. The maximum Gasteiger partial charge on any atom is 0.272 e. The third-order valence-electron chi connectivity index (χ3n) is 4.60. The van der Waals surface area contributed by atoms with Crippen LogP contribution >= 0.6 is 0 Å². The molecule has 24 heavy (non-hydrogen) atoms. The second-order valence-electron chi connectivity index (χ2n) is 6.10. The lowest BCUT2D eigenvalue weighted by Gasteiger charge is -2.36. The second kappa shape index (κ2) is 6.88. The van der Waals surface area contributed by atoms with Gasteiger partial charge in [0.05, 0.1) is 4.92 Å². The summed E-state index contributed by atoms with van der Waals surface area (Å²) in [6.45, 7) is 6.17. The van der Waals surface area contributed by atoms with Crippen molar-refractivity contribution in [3.8, 4) is 5.75 Å². The van der Waals surface area contributed by atoms with E-state index in [1.165, 1.54) is 0 Å². The maximum atomic E-state index is 11.1. The predicted octanol–water partition coefficient (Wildman–Crippen LogP) is 2.93. The molecule has 0 atom stereocenters. The van der Waals surface area contributed by atoms with Crippen molar-refractivity contribution >= 4 is 11.4 Å². The van der Waals surface area contributed by atoms with E-state index in [0.29, 0.717) is 0 Å². The number of anilines is 1. The molecule has 2 aromatic carbocycles. The minimum Gasteiger partial charge on any atom is -0.508 e. The number of rotatable bonds is 4. The molecule has 1 fully saturated rings. The molecule has 0 aliphatic carbocycles. The van der Waals surface area contributed by atoms with Gasteiger partial charge in [-0.2, -0.15) is 0 Å². The van der Waals surface area contributed by atoms with Crippen LogP contribution in [0.15, 0.2) is 42.5 Å². The molecule has 3 rings (SSSR count).